The quantitative estimate of drug-likeness (QED) is 0.795. The summed E-state index contributed by atoms with van der Waals surface area (Å²) in [4.78, 5) is 20.5. The van der Waals surface area contributed by atoms with Crippen molar-refractivity contribution in [3.05, 3.63) is 0 Å². The second-order valence-electron chi connectivity index (χ2n) is 9.45. The number of piperazine rings is 1. The molecule has 1 amide bonds. The molecule has 0 aromatic carbocycles. The van der Waals surface area contributed by atoms with Gasteiger partial charge in [0.05, 0.1) is 5.92 Å². The molecule has 0 aromatic rings. The first-order valence-electron chi connectivity index (χ1n) is 9.47. The van der Waals surface area contributed by atoms with E-state index in [4.69, 9.17) is 0 Å². The molecule has 0 saturated carbocycles. The minimum atomic E-state index is 0.0980. The van der Waals surface area contributed by atoms with Crippen molar-refractivity contribution >= 4 is 5.91 Å². The first kappa shape index (κ1) is 17.2. The van der Waals surface area contributed by atoms with Crippen molar-refractivity contribution < 1.29 is 4.79 Å². The number of carbonyl (C=O) groups is 1. The van der Waals surface area contributed by atoms with Crippen molar-refractivity contribution in [3.63, 3.8) is 0 Å². The van der Waals surface area contributed by atoms with Crippen LogP contribution in [-0.2, 0) is 4.79 Å². The summed E-state index contributed by atoms with van der Waals surface area (Å²) in [6.45, 7) is 18.8. The molecule has 0 unspecified atom stereocenters. The minimum absolute atomic E-state index is 0.0980. The lowest BCUT2D eigenvalue weighted by atomic mass is 9.81. The summed E-state index contributed by atoms with van der Waals surface area (Å²) in [5.74, 6) is 1.31. The Bertz CT molecular complexity index is 460. The maximum atomic E-state index is 13.2. The van der Waals surface area contributed by atoms with Gasteiger partial charge in [0.1, 0.15) is 0 Å². The summed E-state index contributed by atoms with van der Waals surface area (Å²) >= 11 is 0. The van der Waals surface area contributed by atoms with Gasteiger partial charge in [-0.25, -0.2) is 0 Å². The van der Waals surface area contributed by atoms with Gasteiger partial charge in [-0.3, -0.25) is 14.6 Å². The maximum absolute atomic E-state index is 13.2. The number of hydrogen-bond acceptors (Lipinski definition) is 3. The first-order valence-corrected chi connectivity index (χ1v) is 9.47. The Hall–Kier alpha value is -0.610. The van der Waals surface area contributed by atoms with E-state index in [0.717, 1.165) is 26.2 Å². The van der Waals surface area contributed by atoms with E-state index in [0.29, 0.717) is 30.0 Å². The van der Waals surface area contributed by atoms with Gasteiger partial charge in [0.2, 0.25) is 5.91 Å². The topological polar surface area (TPSA) is 26.8 Å². The first-order chi connectivity index (χ1) is 10.7. The van der Waals surface area contributed by atoms with Crippen LogP contribution in [0.3, 0.4) is 0 Å². The number of rotatable bonds is 4. The molecule has 0 N–H and O–H groups in total. The van der Waals surface area contributed by atoms with Crippen molar-refractivity contribution in [1.82, 2.24) is 14.7 Å². The van der Waals surface area contributed by atoms with Gasteiger partial charge < -0.3 is 4.90 Å². The highest BCUT2D eigenvalue weighted by Crippen LogP contribution is 2.40. The van der Waals surface area contributed by atoms with Crippen molar-refractivity contribution in [2.24, 2.45) is 17.3 Å². The maximum Gasteiger partial charge on any atom is 0.227 e. The molecular weight excluding hydrogens is 286 g/mol. The van der Waals surface area contributed by atoms with E-state index in [1.165, 1.54) is 13.0 Å². The van der Waals surface area contributed by atoms with E-state index in [9.17, 15) is 4.79 Å². The van der Waals surface area contributed by atoms with E-state index >= 15 is 0 Å². The molecular formula is C19H35N3O. The standard InChI is InChI=1S/C19H35N3O/c1-13(2)8-20-9-16-7-15(20)10-22(16)18(23)17-11-21(14(3)4)12-19(17,5)6/h13-17H,7-12H2,1-6H3/t15-,16-,17+/m0/s1. The largest absolute Gasteiger partial charge is 0.336 e. The highest BCUT2D eigenvalue weighted by Gasteiger charge is 2.51. The molecule has 3 saturated heterocycles. The summed E-state index contributed by atoms with van der Waals surface area (Å²) in [5.41, 5.74) is 0.0980. The van der Waals surface area contributed by atoms with E-state index in [-0.39, 0.29) is 11.3 Å². The smallest absolute Gasteiger partial charge is 0.227 e. The molecule has 3 atom stereocenters. The van der Waals surface area contributed by atoms with Crippen LogP contribution in [0.25, 0.3) is 0 Å². The molecule has 2 bridgehead atoms. The molecule has 3 heterocycles. The number of nitrogens with zero attached hydrogens (tertiary/aromatic N) is 3. The van der Waals surface area contributed by atoms with E-state index in [2.05, 4.69) is 56.2 Å². The third-order valence-corrected chi connectivity index (χ3v) is 6.24. The number of hydrogen-bond donors (Lipinski definition) is 0. The average molecular weight is 322 g/mol. The molecule has 0 spiro atoms. The van der Waals surface area contributed by atoms with Crippen LogP contribution in [-0.4, -0.2) is 71.5 Å². The van der Waals surface area contributed by atoms with Crippen molar-refractivity contribution in [2.45, 2.75) is 66.1 Å². The Labute approximate surface area is 142 Å². The number of fused-ring (bicyclic) bond motifs is 2. The van der Waals surface area contributed by atoms with Crippen LogP contribution in [0.5, 0.6) is 0 Å². The number of carbonyl (C=O) groups excluding carboxylic acids is 1. The van der Waals surface area contributed by atoms with Gasteiger partial charge in [0, 0.05) is 50.8 Å². The van der Waals surface area contributed by atoms with Gasteiger partial charge >= 0.3 is 0 Å². The monoisotopic (exact) mass is 321 g/mol. The minimum Gasteiger partial charge on any atom is -0.336 e. The predicted octanol–water partition coefficient (Wildman–Crippen LogP) is 2.29. The molecule has 0 radical (unpaired) electrons. The Morgan fingerprint density at radius 1 is 1.09 bits per heavy atom. The lowest BCUT2D eigenvalue weighted by Crippen LogP contribution is -2.52. The van der Waals surface area contributed by atoms with Gasteiger partial charge in [-0.05, 0) is 31.6 Å². The third kappa shape index (κ3) is 3.17. The summed E-state index contributed by atoms with van der Waals surface area (Å²) in [6, 6.07) is 1.61. The highest BCUT2D eigenvalue weighted by atomic mass is 16.2. The van der Waals surface area contributed by atoms with Gasteiger partial charge in [0.15, 0.2) is 0 Å². The molecule has 4 heteroatoms. The zero-order valence-corrected chi connectivity index (χ0v) is 15.9. The van der Waals surface area contributed by atoms with E-state index < -0.39 is 0 Å². The lowest BCUT2D eigenvalue weighted by Gasteiger charge is -2.38. The normalized spacial score (nSPS) is 34.3. The molecule has 3 rings (SSSR count). The fourth-order valence-electron chi connectivity index (χ4n) is 4.90. The highest BCUT2D eigenvalue weighted by molar-refractivity contribution is 5.81. The summed E-state index contributed by atoms with van der Waals surface area (Å²) < 4.78 is 0. The van der Waals surface area contributed by atoms with Gasteiger partial charge in [0.25, 0.3) is 0 Å². The van der Waals surface area contributed by atoms with E-state index in [1.54, 1.807) is 0 Å². The fourth-order valence-corrected chi connectivity index (χ4v) is 4.90. The summed E-state index contributed by atoms with van der Waals surface area (Å²) in [5, 5.41) is 0. The SMILES string of the molecule is CC(C)CN1C[C@@H]2C[C@H]1CN2C(=O)[C@H]1CN(C(C)C)CC1(C)C. The molecule has 132 valence electrons. The van der Waals surface area contributed by atoms with E-state index in [1.807, 2.05) is 0 Å². The van der Waals surface area contributed by atoms with Crippen LogP contribution in [0.2, 0.25) is 0 Å². The molecule has 0 aromatic heterocycles. The van der Waals surface area contributed by atoms with Crippen molar-refractivity contribution in [3.8, 4) is 0 Å². The van der Waals surface area contributed by atoms with Crippen molar-refractivity contribution in [1.29, 1.82) is 0 Å². The Kier molecular flexibility index (Phi) is 4.52. The predicted molar refractivity (Wildman–Crippen MR) is 94.3 cm³/mol. The molecule has 4 nitrogen and oxygen atoms in total. The second-order valence-corrected chi connectivity index (χ2v) is 9.45. The van der Waals surface area contributed by atoms with Crippen LogP contribution in [0, 0.1) is 17.3 Å². The van der Waals surface area contributed by atoms with Crippen LogP contribution < -0.4 is 0 Å². The third-order valence-electron chi connectivity index (χ3n) is 6.24. The number of amides is 1. The zero-order chi connectivity index (χ0) is 16.9. The fraction of sp³-hybridized carbons (Fsp3) is 0.947. The molecule has 3 fully saturated rings. The Morgan fingerprint density at radius 2 is 1.78 bits per heavy atom. The van der Waals surface area contributed by atoms with Crippen LogP contribution in [0.4, 0.5) is 0 Å². The average Bonchev–Trinajstić information content (AvgIpc) is 3.08. The molecule has 3 aliphatic rings. The molecule has 0 aliphatic carbocycles. The van der Waals surface area contributed by atoms with Crippen LogP contribution in [0.15, 0.2) is 0 Å². The van der Waals surface area contributed by atoms with Crippen LogP contribution >= 0.6 is 0 Å². The molecule has 23 heavy (non-hydrogen) atoms. The van der Waals surface area contributed by atoms with Gasteiger partial charge in [-0.2, -0.15) is 0 Å². The Morgan fingerprint density at radius 3 is 2.26 bits per heavy atom. The lowest BCUT2D eigenvalue weighted by molar-refractivity contribution is -0.140. The zero-order valence-electron chi connectivity index (χ0n) is 15.9. The summed E-state index contributed by atoms with van der Waals surface area (Å²) in [6.07, 6.45) is 1.19. The van der Waals surface area contributed by atoms with Crippen LogP contribution in [0.1, 0.15) is 48.0 Å². The van der Waals surface area contributed by atoms with Crippen molar-refractivity contribution in [2.75, 3.05) is 32.7 Å². The second kappa shape index (κ2) is 6.03. The molecule has 3 aliphatic heterocycles. The van der Waals surface area contributed by atoms with Gasteiger partial charge in [-0.1, -0.05) is 27.7 Å². The summed E-state index contributed by atoms with van der Waals surface area (Å²) in [7, 11) is 0. The Balaban J connectivity index is 1.65. The number of likely N-dealkylation sites (tertiary alicyclic amines) is 3. The van der Waals surface area contributed by atoms with Gasteiger partial charge in [-0.15, -0.1) is 0 Å².